The van der Waals surface area contributed by atoms with E-state index in [4.69, 9.17) is 9.84 Å². The van der Waals surface area contributed by atoms with Crippen molar-refractivity contribution in [3.63, 3.8) is 0 Å². The number of ether oxygens (including phenoxy) is 1. The summed E-state index contributed by atoms with van der Waals surface area (Å²) in [6.07, 6.45) is 0.910. The highest BCUT2D eigenvalue weighted by atomic mass is 16.5. The second-order valence-corrected chi connectivity index (χ2v) is 5.70. The SMILES string of the molecule is CCCCOC(=O)NCC(=O)N[C@@H](C)C(=O)N[C@H](C(=O)O)C(C)C. The first-order valence-corrected chi connectivity index (χ1v) is 7.92. The number of rotatable bonds is 10. The van der Waals surface area contributed by atoms with Crippen LogP contribution < -0.4 is 16.0 Å². The molecular formula is C15H27N3O6. The molecule has 0 aromatic rings. The van der Waals surface area contributed by atoms with Gasteiger partial charge in [-0.3, -0.25) is 9.59 Å². The predicted molar refractivity (Wildman–Crippen MR) is 86.3 cm³/mol. The zero-order valence-electron chi connectivity index (χ0n) is 14.5. The Morgan fingerprint density at radius 2 is 1.71 bits per heavy atom. The van der Waals surface area contributed by atoms with E-state index in [0.29, 0.717) is 0 Å². The van der Waals surface area contributed by atoms with Crippen molar-refractivity contribution in [2.75, 3.05) is 13.2 Å². The van der Waals surface area contributed by atoms with Crippen LogP contribution >= 0.6 is 0 Å². The third kappa shape index (κ3) is 8.96. The molecule has 0 spiro atoms. The predicted octanol–water partition coefficient (Wildman–Crippen LogP) is 0.243. The standard InChI is InChI=1S/C15H27N3O6/c1-5-6-7-24-15(23)16-8-11(19)17-10(4)13(20)18-12(9(2)3)14(21)22/h9-10,12H,5-8H2,1-4H3,(H,16,23)(H,17,19)(H,18,20)(H,21,22)/t10-,12-/m0/s1. The lowest BCUT2D eigenvalue weighted by Crippen LogP contribution is -2.53. The maximum Gasteiger partial charge on any atom is 0.407 e. The van der Waals surface area contributed by atoms with Crippen molar-refractivity contribution in [3.05, 3.63) is 0 Å². The fourth-order valence-corrected chi connectivity index (χ4v) is 1.66. The summed E-state index contributed by atoms with van der Waals surface area (Å²) < 4.78 is 4.82. The number of carboxylic acid groups (broad SMARTS) is 1. The van der Waals surface area contributed by atoms with Crippen LogP contribution in [0.15, 0.2) is 0 Å². The van der Waals surface area contributed by atoms with Gasteiger partial charge >= 0.3 is 12.1 Å². The highest BCUT2D eigenvalue weighted by molar-refractivity contribution is 5.91. The molecule has 3 amide bonds. The summed E-state index contributed by atoms with van der Waals surface area (Å²) in [4.78, 5) is 45.9. The summed E-state index contributed by atoms with van der Waals surface area (Å²) in [6, 6.07) is -1.97. The number of hydrogen-bond donors (Lipinski definition) is 4. The summed E-state index contributed by atoms with van der Waals surface area (Å²) in [5.74, 6) is -2.64. The Morgan fingerprint density at radius 1 is 1.08 bits per heavy atom. The van der Waals surface area contributed by atoms with Gasteiger partial charge in [-0.2, -0.15) is 0 Å². The molecule has 0 aliphatic rings. The average molecular weight is 345 g/mol. The number of hydrogen-bond acceptors (Lipinski definition) is 5. The number of aliphatic carboxylic acids is 1. The fraction of sp³-hybridized carbons (Fsp3) is 0.733. The van der Waals surface area contributed by atoms with Crippen LogP contribution in [-0.2, 0) is 19.1 Å². The van der Waals surface area contributed by atoms with Crippen LogP contribution in [0, 0.1) is 5.92 Å². The molecule has 0 radical (unpaired) electrons. The molecule has 138 valence electrons. The van der Waals surface area contributed by atoms with Crippen molar-refractivity contribution in [1.29, 1.82) is 0 Å². The average Bonchev–Trinajstić information content (AvgIpc) is 2.49. The normalized spacial score (nSPS) is 12.9. The number of nitrogens with one attached hydrogen (secondary N) is 3. The Hall–Kier alpha value is -2.32. The lowest BCUT2D eigenvalue weighted by molar-refractivity contribution is -0.143. The molecule has 0 aromatic heterocycles. The van der Waals surface area contributed by atoms with Gasteiger partial charge in [0.2, 0.25) is 11.8 Å². The van der Waals surface area contributed by atoms with Gasteiger partial charge in [0, 0.05) is 0 Å². The maximum atomic E-state index is 11.9. The van der Waals surface area contributed by atoms with E-state index in [1.807, 2.05) is 6.92 Å². The quantitative estimate of drug-likeness (QED) is 0.419. The molecule has 0 fully saturated rings. The molecule has 0 unspecified atom stereocenters. The molecule has 9 nitrogen and oxygen atoms in total. The van der Waals surface area contributed by atoms with Crippen LogP contribution in [0.25, 0.3) is 0 Å². The van der Waals surface area contributed by atoms with E-state index in [1.54, 1.807) is 13.8 Å². The molecule has 9 heteroatoms. The number of amides is 3. The first-order chi connectivity index (χ1) is 11.2. The van der Waals surface area contributed by atoms with Crippen LogP contribution in [0.4, 0.5) is 4.79 Å². The summed E-state index contributed by atoms with van der Waals surface area (Å²) >= 11 is 0. The second kappa shape index (κ2) is 11.3. The largest absolute Gasteiger partial charge is 0.480 e. The third-order valence-corrected chi connectivity index (χ3v) is 3.13. The van der Waals surface area contributed by atoms with Crippen molar-refractivity contribution < 1.29 is 29.0 Å². The minimum Gasteiger partial charge on any atom is -0.480 e. The number of unbranched alkanes of at least 4 members (excludes halogenated alkanes) is 1. The van der Waals surface area contributed by atoms with Crippen molar-refractivity contribution in [3.8, 4) is 0 Å². The van der Waals surface area contributed by atoms with E-state index < -0.39 is 36.0 Å². The van der Waals surface area contributed by atoms with Crippen LogP contribution in [0.5, 0.6) is 0 Å². The molecule has 4 N–H and O–H groups in total. The number of alkyl carbamates (subject to hydrolysis) is 1. The van der Waals surface area contributed by atoms with Crippen molar-refractivity contribution in [1.82, 2.24) is 16.0 Å². The smallest absolute Gasteiger partial charge is 0.407 e. The lowest BCUT2D eigenvalue weighted by atomic mass is 10.0. The highest BCUT2D eigenvalue weighted by Gasteiger charge is 2.26. The summed E-state index contributed by atoms with van der Waals surface area (Å²) in [5, 5.41) is 16.0. The Labute approximate surface area is 141 Å². The van der Waals surface area contributed by atoms with E-state index in [1.165, 1.54) is 6.92 Å². The molecule has 0 saturated carbocycles. The van der Waals surface area contributed by atoms with Crippen LogP contribution in [0.3, 0.4) is 0 Å². The van der Waals surface area contributed by atoms with Gasteiger partial charge in [0.25, 0.3) is 0 Å². The van der Waals surface area contributed by atoms with E-state index in [-0.39, 0.29) is 19.1 Å². The molecule has 24 heavy (non-hydrogen) atoms. The number of carbonyl (C=O) groups is 4. The first kappa shape index (κ1) is 21.7. The summed E-state index contributed by atoms with van der Waals surface area (Å²) in [6.45, 7) is 6.64. The van der Waals surface area contributed by atoms with Crippen LogP contribution in [0.2, 0.25) is 0 Å². The van der Waals surface area contributed by atoms with Gasteiger partial charge in [0.1, 0.15) is 18.6 Å². The Morgan fingerprint density at radius 3 is 2.21 bits per heavy atom. The molecule has 0 aromatic carbocycles. The zero-order valence-corrected chi connectivity index (χ0v) is 14.5. The highest BCUT2D eigenvalue weighted by Crippen LogP contribution is 2.02. The molecular weight excluding hydrogens is 318 g/mol. The van der Waals surface area contributed by atoms with Gasteiger partial charge in [-0.1, -0.05) is 27.2 Å². The monoisotopic (exact) mass is 345 g/mol. The number of carbonyl (C=O) groups excluding carboxylic acids is 3. The zero-order chi connectivity index (χ0) is 18.7. The van der Waals surface area contributed by atoms with E-state index >= 15 is 0 Å². The van der Waals surface area contributed by atoms with E-state index in [0.717, 1.165) is 12.8 Å². The fourth-order valence-electron chi connectivity index (χ4n) is 1.66. The minimum absolute atomic E-state index is 0.272. The van der Waals surface area contributed by atoms with Gasteiger partial charge in [-0.15, -0.1) is 0 Å². The minimum atomic E-state index is -1.15. The Bertz CT molecular complexity index is 452. The molecule has 0 aliphatic heterocycles. The topological polar surface area (TPSA) is 134 Å². The van der Waals surface area contributed by atoms with Crippen LogP contribution in [-0.4, -0.2) is 54.2 Å². The Kier molecular flexibility index (Phi) is 10.2. The van der Waals surface area contributed by atoms with Crippen molar-refractivity contribution >= 4 is 23.9 Å². The van der Waals surface area contributed by atoms with E-state index in [9.17, 15) is 19.2 Å². The lowest BCUT2D eigenvalue weighted by Gasteiger charge is -2.21. The van der Waals surface area contributed by atoms with Crippen molar-refractivity contribution in [2.24, 2.45) is 5.92 Å². The molecule has 0 bridgehead atoms. The third-order valence-electron chi connectivity index (χ3n) is 3.13. The first-order valence-electron chi connectivity index (χ1n) is 7.92. The second-order valence-electron chi connectivity index (χ2n) is 5.70. The van der Waals surface area contributed by atoms with Gasteiger partial charge in [-0.05, 0) is 19.3 Å². The maximum absolute atomic E-state index is 11.9. The number of carboxylic acids is 1. The van der Waals surface area contributed by atoms with Crippen molar-refractivity contribution in [2.45, 2.75) is 52.6 Å². The molecule has 0 heterocycles. The van der Waals surface area contributed by atoms with Gasteiger partial charge < -0.3 is 25.8 Å². The van der Waals surface area contributed by atoms with Gasteiger partial charge in [0.15, 0.2) is 0 Å². The Balaban J connectivity index is 4.22. The van der Waals surface area contributed by atoms with E-state index in [2.05, 4.69) is 16.0 Å². The van der Waals surface area contributed by atoms with Crippen LogP contribution in [0.1, 0.15) is 40.5 Å². The molecule has 0 rings (SSSR count). The van der Waals surface area contributed by atoms with Gasteiger partial charge in [-0.25, -0.2) is 9.59 Å². The molecule has 0 saturated heterocycles. The molecule has 0 aliphatic carbocycles. The summed E-state index contributed by atoms with van der Waals surface area (Å²) in [7, 11) is 0. The summed E-state index contributed by atoms with van der Waals surface area (Å²) in [5.41, 5.74) is 0. The van der Waals surface area contributed by atoms with Gasteiger partial charge in [0.05, 0.1) is 6.61 Å². The molecule has 2 atom stereocenters.